The average molecular weight is 272 g/mol. The normalized spacial score (nSPS) is 11.9. The molecule has 2 N–H and O–H groups in total. The highest BCUT2D eigenvalue weighted by Gasteiger charge is 2.19. The van der Waals surface area contributed by atoms with Crippen LogP contribution in [0.2, 0.25) is 5.02 Å². The molecule has 0 aromatic heterocycles. The first kappa shape index (κ1) is 14.4. The van der Waals surface area contributed by atoms with Crippen LogP contribution >= 0.6 is 11.6 Å². The van der Waals surface area contributed by atoms with Crippen LogP contribution in [0.25, 0.3) is 0 Å². The summed E-state index contributed by atoms with van der Waals surface area (Å²) < 4.78 is 0. The molecule has 98 valence electrons. The number of nitrogens with zero attached hydrogens (tertiary/aromatic N) is 1. The number of anilines is 1. The summed E-state index contributed by atoms with van der Waals surface area (Å²) >= 11 is 5.68. The summed E-state index contributed by atoms with van der Waals surface area (Å²) in [6.07, 6.45) is 0. The Labute approximate surface area is 109 Å². The smallest absolute Gasteiger partial charge is 0.294 e. The van der Waals surface area contributed by atoms with E-state index in [0.29, 0.717) is 6.54 Å². The van der Waals surface area contributed by atoms with Crippen LogP contribution in [-0.2, 0) is 4.79 Å². The van der Waals surface area contributed by atoms with Gasteiger partial charge in [0.2, 0.25) is 5.91 Å². The Morgan fingerprint density at radius 3 is 2.78 bits per heavy atom. The van der Waals surface area contributed by atoms with Gasteiger partial charge in [0.25, 0.3) is 5.69 Å². The predicted molar refractivity (Wildman–Crippen MR) is 69.8 cm³/mol. The van der Waals surface area contributed by atoms with Crippen LogP contribution in [0.4, 0.5) is 11.4 Å². The van der Waals surface area contributed by atoms with Crippen molar-refractivity contribution >= 4 is 28.9 Å². The molecule has 1 amide bonds. The number of benzene rings is 1. The predicted octanol–water partition coefficient (Wildman–Crippen LogP) is 2.04. The lowest BCUT2D eigenvalue weighted by molar-refractivity contribution is -0.383. The van der Waals surface area contributed by atoms with E-state index in [1.807, 2.05) is 0 Å². The van der Waals surface area contributed by atoms with Crippen molar-refractivity contribution in [2.45, 2.75) is 6.92 Å². The summed E-state index contributed by atoms with van der Waals surface area (Å²) in [5.41, 5.74) is -0.0649. The standard InChI is InChI=1S/C11H14ClN3O3/c1-7(6-13-2)11(16)14-9-4-3-8(12)5-10(9)15(17)18/h3-5,7,13H,6H2,1-2H3,(H,14,16). The molecule has 1 rings (SSSR count). The first-order chi connectivity index (χ1) is 8.45. The van der Waals surface area contributed by atoms with Crippen LogP contribution in [0.15, 0.2) is 18.2 Å². The lowest BCUT2D eigenvalue weighted by Gasteiger charge is -2.11. The van der Waals surface area contributed by atoms with Crippen molar-refractivity contribution in [1.29, 1.82) is 0 Å². The summed E-state index contributed by atoms with van der Waals surface area (Å²) in [5.74, 6) is -0.569. The monoisotopic (exact) mass is 271 g/mol. The van der Waals surface area contributed by atoms with Crippen LogP contribution in [0.5, 0.6) is 0 Å². The Hall–Kier alpha value is -1.66. The molecule has 1 aromatic rings. The van der Waals surface area contributed by atoms with Gasteiger partial charge in [-0.15, -0.1) is 0 Å². The zero-order chi connectivity index (χ0) is 13.7. The second-order valence-corrected chi connectivity index (χ2v) is 4.30. The first-order valence-corrected chi connectivity index (χ1v) is 5.73. The van der Waals surface area contributed by atoms with Crippen LogP contribution in [0.1, 0.15) is 6.92 Å². The Bertz CT molecular complexity index is 465. The molecule has 0 fully saturated rings. The van der Waals surface area contributed by atoms with E-state index in [4.69, 9.17) is 11.6 Å². The van der Waals surface area contributed by atoms with Gasteiger partial charge in [-0.3, -0.25) is 14.9 Å². The van der Waals surface area contributed by atoms with Gasteiger partial charge < -0.3 is 10.6 Å². The number of nitro groups is 1. The van der Waals surface area contributed by atoms with E-state index in [0.717, 1.165) is 0 Å². The van der Waals surface area contributed by atoms with Crippen molar-refractivity contribution in [3.8, 4) is 0 Å². The van der Waals surface area contributed by atoms with Gasteiger partial charge in [-0.1, -0.05) is 18.5 Å². The molecular weight excluding hydrogens is 258 g/mol. The molecule has 0 radical (unpaired) electrons. The zero-order valence-corrected chi connectivity index (χ0v) is 10.8. The number of hydrogen-bond acceptors (Lipinski definition) is 4. The first-order valence-electron chi connectivity index (χ1n) is 5.35. The molecule has 1 aromatic carbocycles. The van der Waals surface area contributed by atoms with Crippen molar-refractivity contribution in [3.63, 3.8) is 0 Å². The third kappa shape index (κ3) is 3.68. The topological polar surface area (TPSA) is 84.3 Å². The molecule has 1 atom stereocenters. The second-order valence-electron chi connectivity index (χ2n) is 3.87. The van der Waals surface area contributed by atoms with Crippen molar-refractivity contribution in [3.05, 3.63) is 33.3 Å². The fraction of sp³-hybridized carbons (Fsp3) is 0.364. The highest BCUT2D eigenvalue weighted by molar-refractivity contribution is 6.31. The number of nitro benzene ring substituents is 1. The molecule has 0 heterocycles. The summed E-state index contributed by atoms with van der Waals surface area (Å²) in [6.45, 7) is 2.22. The molecule has 0 saturated carbocycles. The van der Waals surface area contributed by atoms with Gasteiger partial charge in [0.1, 0.15) is 5.69 Å². The molecular formula is C11H14ClN3O3. The fourth-order valence-electron chi connectivity index (χ4n) is 1.42. The number of hydrogen-bond donors (Lipinski definition) is 2. The third-order valence-electron chi connectivity index (χ3n) is 2.37. The fourth-order valence-corrected chi connectivity index (χ4v) is 1.58. The lowest BCUT2D eigenvalue weighted by Crippen LogP contribution is -2.28. The minimum Gasteiger partial charge on any atom is -0.320 e. The van der Waals surface area contributed by atoms with Crippen molar-refractivity contribution in [2.75, 3.05) is 18.9 Å². The third-order valence-corrected chi connectivity index (χ3v) is 2.61. The minimum absolute atomic E-state index is 0.150. The number of amides is 1. The average Bonchev–Trinajstić information content (AvgIpc) is 2.31. The molecule has 1 unspecified atom stereocenters. The van der Waals surface area contributed by atoms with E-state index in [-0.39, 0.29) is 28.2 Å². The summed E-state index contributed by atoms with van der Waals surface area (Å²) in [6, 6.07) is 4.12. The lowest BCUT2D eigenvalue weighted by atomic mass is 10.1. The maximum absolute atomic E-state index is 11.8. The van der Waals surface area contributed by atoms with Gasteiger partial charge in [-0.2, -0.15) is 0 Å². The van der Waals surface area contributed by atoms with Crippen molar-refractivity contribution < 1.29 is 9.72 Å². The molecule has 7 heteroatoms. The Morgan fingerprint density at radius 1 is 1.56 bits per heavy atom. The highest BCUT2D eigenvalue weighted by Crippen LogP contribution is 2.27. The SMILES string of the molecule is CNCC(C)C(=O)Nc1ccc(Cl)cc1[N+](=O)[O-]. The van der Waals surface area contributed by atoms with Gasteiger partial charge in [0, 0.05) is 23.6 Å². The van der Waals surface area contributed by atoms with Gasteiger partial charge in [0.05, 0.1) is 4.92 Å². The van der Waals surface area contributed by atoms with Crippen LogP contribution < -0.4 is 10.6 Å². The molecule has 0 aliphatic heterocycles. The summed E-state index contributed by atoms with van der Waals surface area (Å²) in [7, 11) is 1.73. The number of carbonyl (C=O) groups excluding carboxylic acids is 1. The number of rotatable bonds is 5. The van der Waals surface area contributed by atoms with E-state index < -0.39 is 4.92 Å². The number of nitrogens with one attached hydrogen (secondary N) is 2. The molecule has 6 nitrogen and oxygen atoms in total. The van der Waals surface area contributed by atoms with Crippen LogP contribution in [0.3, 0.4) is 0 Å². The molecule has 0 bridgehead atoms. The van der Waals surface area contributed by atoms with Gasteiger partial charge in [-0.05, 0) is 19.2 Å². The quantitative estimate of drug-likeness (QED) is 0.634. The van der Waals surface area contributed by atoms with Crippen LogP contribution in [-0.4, -0.2) is 24.4 Å². The summed E-state index contributed by atoms with van der Waals surface area (Å²) in [5, 5.41) is 16.5. The van der Waals surface area contributed by atoms with E-state index in [1.165, 1.54) is 18.2 Å². The molecule has 0 aliphatic rings. The van der Waals surface area contributed by atoms with Gasteiger partial charge >= 0.3 is 0 Å². The van der Waals surface area contributed by atoms with Crippen LogP contribution in [0, 0.1) is 16.0 Å². The number of halogens is 1. The van der Waals surface area contributed by atoms with E-state index >= 15 is 0 Å². The maximum atomic E-state index is 11.8. The number of carbonyl (C=O) groups is 1. The Balaban J connectivity index is 2.90. The van der Waals surface area contributed by atoms with Gasteiger partial charge in [-0.25, -0.2) is 0 Å². The zero-order valence-electron chi connectivity index (χ0n) is 10.1. The largest absolute Gasteiger partial charge is 0.320 e. The van der Waals surface area contributed by atoms with Crippen molar-refractivity contribution in [2.24, 2.45) is 5.92 Å². The highest BCUT2D eigenvalue weighted by atomic mass is 35.5. The van der Waals surface area contributed by atoms with E-state index in [1.54, 1.807) is 14.0 Å². The minimum atomic E-state index is -0.579. The molecule has 18 heavy (non-hydrogen) atoms. The summed E-state index contributed by atoms with van der Waals surface area (Å²) in [4.78, 5) is 22.0. The van der Waals surface area contributed by atoms with E-state index in [2.05, 4.69) is 10.6 Å². The van der Waals surface area contributed by atoms with Gasteiger partial charge in [0.15, 0.2) is 0 Å². The Morgan fingerprint density at radius 2 is 2.22 bits per heavy atom. The maximum Gasteiger partial charge on any atom is 0.294 e. The Kier molecular flexibility index (Phi) is 5.06. The van der Waals surface area contributed by atoms with E-state index in [9.17, 15) is 14.9 Å². The second kappa shape index (κ2) is 6.32. The molecule has 0 saturated heterocycles. The van der Waals surface area contributed by atoms with Crippen molar-refractivity contribution in [1.82, 2.24) is 5.32 Å². The molecule has 0 aliphatic carbocycles. The molecule has 0 spiro atoms.